The minimum atomic E-state index is -0.0278. The minimum Gasteiger partial charge on any atom is -0.143 e. The van der Waals surface area contributed by atoms with Crippen molar-refractivity contribution < 1.29 is 0 Å². The average Bonchev–Trinajstić information content (AvgIpc) is 1.68. The number of alkyl halides is 1. The third kappa shape index (κ3) is 3.24. The molecule has 44 valence electrons. The highest BCUT2D eigenvalue weighted by atomic mass is 35.5. The average molecular weight is 139 g/mol. The Labute approximate surface area is 54.6 Å². The Morgan fingerprint density at radius 2 is 2.14 bits per heavy atom. The Balaban J connectivity index is 3.36. The summed E-state index contributed by atoms with van der Waals surface area (Å²) in [7, 11) is 0. The standard InChI is InChI=1S/C5H11ClS/c1-4-5(2,6)7-3/h4H2,1-3H3. The highest BCUT2D eigenvalue weighted by Crippen LogP contribution is 2.29. The smallest absolute Gasteiger partial charge is 0.0863 e. The number of thioether (sulfide) groups is 1. The second kappa shape index (κ2) is 2.83. The van der Waals surface area contributed by atoms with E-state index < -0.39 is 0 Å². The van der Waals surface area contributed by atoms with Crippen molar-refractivity contribution in [3.8, 4) is 0 Å². The van der Waals surface area contributed by atoms with Gasteiger partial charge in [0.1, 0.15) is 0 Å². The first-order valence-corrected chi connectivity index (χ1v) is 3.96. The van der Waals surface area contributed by atoms with Crippen molar-refractivity contribution in [2.24, 2.45) is 0 Å². The largest absolute Gasteiger partial charge is 0.143 e. The molecule has 2 heteroatoms. The minimum absolute atomic E-state index is 0.0278. The van der Waals surface area contributed by atoms with E-state index in [1.54, 1.807) is 11.8 Å². The van der Waals surface area contributed by atoms with Gasteiger partial charge >= 0.3 is 0 Å². The monoisotopic (exact) mass is 138 g/mol. The van der Waals surface area contributed by atoms with E-state index in [9.17, 15) is 0 Å². The van der Waals surface area contributed by atoms with Crippen LogP contribution >= 0.6 is 23.4 Å². The van der Waals surface area contributed by atoms with Crippen LogP contribution < -0.4 is 0 Å². The fourth-order valence-corrected chi connectivity index (χ4v) is 0.433. The van der Waals surface area contributed by atoms with Crippen LogP contribution in [0.5, 0.6) is 0 Å². The molecule has 0 fully saturated rings. The lowest BCUT2D eigenvalue weighted by atomic mass is 10.4. The van der Waals surface area contributed by atoms with Gasteiger partial charge in [0.25, 0.3) is 0 Å². The molecule has 0 saturated carbocycles. The molecule has 0 aliphatic heterocycles. The van der Waals surface area contributed by atoms with Crippen molar-refractivity contribution in [1.82, 2.24) is 0 Å². The summed E-state index contributed by atoms with van der Waals surface area (Å²) in [5.74, 6) is 0. The zero-order valence-corrected chi connectivity index (χ0v) is 6.57. The van der Waals surface area contributed by atoms with Crippen molar-refractivity contribution >= 4 is 23.4 Å². The predicted molar refractivity (Wildman–Crippen MR) is 38.1 cm³/mol. The van der Waals surface area contributed by atoms with E-state index in [0.717, 1.165) is 6.42 Å². The first kappa shape index (κ1) is 7.64. The summed E-state index contributed by atoms with van der Waals surface area (Å²) in [6.45, 7) is 4.11. The maximum absolute atomic E-state index is 5.87. The van der Waals surface area contributed by atoms with E-state index in [-0.39, 0.29) is 4.21 Å². The van der Waals surface area contributed by atoms with Gasteiger partial charge in [-0.2, -0.15) is 0 Å². The van der Waals surface area contributed by atoms with E-state index in [0.29, 0.717) is 0 Å². The van der Waals surface area contributed by atoms with Gasteiger partial charge in [-0.1, -0.05) is 6.92 Å². The van der Waals surface area contributed by atoms with Crippen LogP contribution in [-0.2, 0) is 0 Å². The van der Waals surface area contributed by atoms with E-state index in [4.69, 9.17) is 11.6 Å². The van der Waals surface area contributed by atoms with Gasteiger partial charge in [-0.15, -0.1) is 23.4 Å². The van der Waals surface area contributed by atoms with E-state index in [1.165, 1.54) is 0 Å². The Hall–Kier alpha value is 0.640. The first-order chi connectivity index (χ1) is 3.12. The zero-order valence-electron chi connectivity index (χ0n) is 4.99. The van der Waals surface area contributed by atoms with Crippen molar-refractivity contribution in [3.63, 3.8) is 0 Å². The first-order valence-electron chi connectivity index (χ1n) is 2.36. The molecule has 0 bridgehead atoms. The highest BCUT2D eigenvalue weighted by Gasteiger charge is 2.14. The second-order valence-corrected chi connectivity index (χ2v) is 4.03. The molecule has 0 aromatic heterocycles. The second-order valence-electron chi connectivity index (χ2n) is 1.66. The van der Waals surface area contributed by atoms with Gasteiger partial charge < -0.3 is 0 Å². The molecular weight excluding hydrogens is 128 g/mol. The predicted octanol–water partition coefficient (Wildman–Crippen LogP) is 2.71. The molecular formula is C5H11ClS. The quantitative estimate of drug-likeness (QED) is 0.529. The molecule has 1 unspecified atom stereocenters. The maximum atomic E-state index is 5.87. The molecule has 0 aliphatic rings. The molecule has 0 spiro atoms. The van der Waals surface area contributed by atoms with Crippen molar-refractivity contribution in [2.45, 2.75) is 24.5 Å². The molecule has 0 aromatic rings. The van der Waals surface area contributed by atoms with Crippen LogP contribution in [0.3, 0.4) is 0 Å². The molecule has 0 aromatic carbocycles. The Morgan fingerprint density at radius 1 is 1.71 bits per heavy atom. The fourth-order valence-electron chi connectivity index (χ4n) is 0.144. The van der Waals surface area contributed by atoms with Gasteiger partial charge in [-0.3, -0.25) is 0 Å². The molecule has 0 rings (SSSR count). The summed E-state index contributed by atoms with van der Waals surface area (Å²) < 4.78 is -0.0278. The van der Waals surface area contributed by atoms with Crippen LogP contribution in [-0.4, -0.2) is 10.5 Å². The highest BCUT2D eigenvalue weighted by molar-refractivity contribution is 8.01. The molecule has 0 aliphatic carbocycles. The van der Waals surface area contributed by atoms with Gasteiger partial charge in [-0.05, 0) is 19.6 Å². The van der Waals surface area contributed by atoms with Crippen LogP contribution in [0, 0.1) is 0 Å². The summed E-state index contributed by atoms with van der Waals surface area (Å²) in [6.07, 6.45) is 3.05. The SMILES string of the molecule is CCC(C)(Cl)SC. The van der Waals surface area contributed by atoms with Crippen LogP contribution in [0.1, 0.15) is 20.3 Å². The number of rotatable bonds is 2. The molecule has 0 saturated heterocycles. The summed E-state index contributed by atoms with van der Waals surface area (Å²) in [5, 5.41) is 0. The third-order valence-electron chi connectivity index (χ3n) is 1.06. The molecule has 0 amide bonds. The van der Waals surface area contributed by atoms with Crippen LogP contribution in [0.4, 0.5) is 0 Å². The van der Waals surface area contributed by atoms with Crippen LogP contribution in [0.2, 0.25) is 0 Å². The number of hydrogen-bond donors (Lipinski definition) is 0. The lowest BCUT2D eigenvalue weighted by Crippen LogP contribution is -2.06. The van der Waals surface area contributed by atoms with E-state index >= 15 is 0 Å². The molecule has 0 N–H and O–H groups in total. The number of hydrogen-bond acceptors (Lipinski definition) is 1. The molecule has 1 atom stereocenters. The summed E-state index contributed by atoms with van der Waals surface area (Å²) in [6, 6.07) is 0. The van der Waals surface area contributed by atoms with Gasteiger partial charge in [0.15, 0.2) is 0 Å². The van der Waals surface area contributed by atoms with Gasteiger partial charge in [0.2, 0.25) is 0 Å². The van der Waals surface area contributed by atoms with Crippen molar-refractivity contribution in [1.29, 1.82) is 0 Å². The third-order valence-corrected chi connectivity index (χ3v) is 2.93. The van der Waals surface area contributed by atoms with Crippen LogP contribution in [0.15, 0.2) is 0 Å². The topological polar surface area (TPSA) is 0 Å². The lowest BCUT2D eigenvalue weighted by Gasteiger charge is -2.14. The molecule has 0 nitrogen and oxygen atoms in total. The Morgan fingerprint density at radius 3 is 2.14 bits per heavy atom. The van der Waals surface area contributed by atoms with Crippen molar-refractivity contribution in [3.05, 3.63) is 0 Å². The van der Waals surface area contributed by atoms with Crippen molar-refractivity contribution in [2.75, 3.05) is 6.26 Å². The lowest BCUT2D eigenvalue weighted by molar-refractivity contribution is 0.836. The number of halogens is 1. The summed E-state index contributed by atoms with van der Waals surface area (Å²) in [4.78, 5) is 0. The van der Waals surface area contributed by atoms with Gasteiger partial charge in [-0.25, -0.2) is 0 Å². The Bertz CT molecular complexity index is 46.0. The summed E-state index contributed by atoms with van der Waals surface area (Å²) >= 11 is 7.56. The van der Waals surface area contributed by atoms with E-state index in [2.05, 4.69) is 6.92 Å². The summed E-state index contributed by atoms with van der Waals surface area (Å²) in [5.41, 5.74) is 0. The normalized spacial score (nSPS) is 18.9. The Kier molecular flexibility index (Phi) is 3.09. The molecule has 0 radical (unpaired) electrons. The van der Waals surface area contributed by atoms with E-state index in [1.807, 2.05) is 13.2 Å². The van der Waals surface area contributed by atoms with Crippen LogP contribution in [0.25, 0.3) is 0 Å². The zero-order chi connectivity index (χ0) is 5.91. The maximum Gasteiger partial charge on any atom is 0.0863 e. The molecule has 0 heterocycles. The fraction of sp³-hybridized carbons (Fsp3) is 1.00. The molecule has 7 heavy (non-hydrogen) atoms. The van der Waals surface area contributed by atoms with Gasteiger partial charge in [0.05, 0.1) is 4.21 Å². The van der Waals surface area contributed by atoms with Gasteiger partial charge in [0, 0.05) is 0 Å².